The van der Waals surface area contributed by atoms with Crippen molar-refractivity contribution in [2.75, 3.05) is 7.11 Å². The molecule has 0 aliphatic heterocycles. The average Bonchev–Trinajstić information content (AvgIpc) is 2.44. The van der Waals surface area contributed by atoms with Crippen LogP contribution in [0.25, 0.3) is 0 Å². The first-order valence-corrected chi connectivity index (χ1v) is 7.88. The topological polar surface area (TPSA) is 35.2 Å². The molecule has 2 aromatic carbocycles. The van der Waals surface area contributed by atoms with Crippen LogP contribution in [0.1, 0.15) is 33.9 Å². The van der Waals surface area contributed by atoms with Gasteiger partial charge < -0.3 is 10.5 Å². The maximum Gasteiger partial charge on any atom is 0.126 e. The second-order valence-corrected chi connectivity index (χ2v) is 6.40. The van der Waals surface area contributed by atoms with Crippen molar-refractivity contribution in [3.8, 4) is 5.75 Å². The van der Waals surface area contributed by atoms with Crippen molar-refractivity contribution >= 4 is 15.9 Å². The number of aryl methyl sites for hydroxylation is 2. The van der Waals surface area contributed by atoms with Crippen LogP contribution in [0.4, 0.5) is 0 Å². The van der Waals surface area contributed by atoms with E-state index in [9.17, 15) is 0 Å². The quantitative estimate of drug-likeness (QED) is 0.875. The fourth-order valence-corrected chi connectivity index (χ4v) is 3.23. The van der Waals surface area contributed by atoms with Gasteiger partial charge in [-0.15, -0.1) is 0 Å². The first-order valence-electron chi connectivity index (χ1n) is 7.08. The van der Waals surface area contributed by atoms with Gasteiger partial charge in [0.05, 0.1) is 7.11 Å². The zero-order chi connectivity index (χ0) is 15.6. The maximum atomic E-state index is 6.48. The summed E-state index contributed by atoms with van der Waals surface area (Å²) in [6.07, 6.45) is 0.799. The minimum absolute atomic E-state index is 0.0844. The molecule has 1 atom stereocenters. The van der Waals surface area contributed by atoms with Crippen molar-refractivity contribution < 1.29 is 4.74 Å². The Kier molecular flexibility index (Phi) is 5.07. The second-order valence-electron chi connectivity index (χ2n) is 5.54. The van der Waals surface area contributed by atoms with Crippen LogP contribution in [-0.2, 0) is 6.42 Å². The molecule has 2 aromatic rings. The number of rotatable bonds is 4. The molecule has 2 nitrogen and oxygen atoms in total. The third kappa shape index (κ3) is 3.47. The summed E-state index contributed by atoms with van der Waals surface area (Å²) in [7, 11) is 1.71. The fourth-order valence-electron chi connectivity index (χ4n) is 2.67. The summed E-state index contributed by atoms with van der Waals surface area (Å²) in [5.74, 6) is 0.898. The van der Waals surface area contributed by atoms with Gasteiger partial charge in [-0.25, -0.2) is 0 Å². The minimum Gasteiger partial charge on any atom is -0.496 e. The normalized spacial score (nSPS) is 12.3. The van der Waals surface area contributed by atoms with Crippen LogP contribution in [0.5, 0.6) is 5.75 Å². The molecule has 0 heterocycles. The van der Waals surface area contributed by atoms with Gasteiger partial charge in [-0.05, 0) is 49.9 Å². The fraction of sp³-hybridized carbons (Fsp3) is 0.333. The monoisotopic (exact) mass is 347 g/mol. The van der Waals surface area contributed by atoms with Crippen molar-refractivity contribution in [3.05, 3.63) is 62.6 Å². The lowest BCUT2D eigenvalue weighted by Gasteiger charge is -2.21. The molecule has 2 rings (SSSR count). The number of benzene rings is 2. The van der Waals surface area contributed by atoms with E-state index >= 15 is 0 Å². The van der Waals surface area contributed by atoms with E-state index in [1.807, 2.05) is 6.92 Å². The number of nitrogens with two attached hydrogens (primary N) is 1. The highest BCUT2D eigenvalue weighted by Crippen LogP contribution is 2.36. The second kappa shape index (κ2) is 6.63. The zero-order valence-corrected chi connectivity index (χ0v) is 14.6. The Morgan fingerprint density at radius 2 is 1.76 bits per heavy atom. The highest BCUT2D eigenvalue weighted by Gasteiger charge is 2.19. The average molecular weight is 348 g/mol. The molecule has 0 aliphatic rings. The van der Waals surface area contributed by atoms with Crippen molar-refractivity contribution in [3.63, 3.8) is 0 Å². The number of hydrogen-bond acceptors (Lipinski definition) is 2. The lowest BCUT2D eigenvalue weighted by molar-refractivity contribution is 0.401. The molecule has 3 heteroatoms. The third-order valence-electron chi connectivity index (χ3n) is 3.86. The third-order valence-corrected chi connectivity index (χ3v) is 4.68. The Bertz CT molecular complexity index is 635. The molecule has 0 amide bonds. The predicted molar refractivity (Wildman–Crippen MR) is 92.0 cm³/mol. The summed E-state index contributed by atoms with van der Waals surface area (Å²) >= 11 is 3.61. The van der Waals surface area contributed by atoms with Gasteiger partial charge in [-0.3, -0.25) is 0 Å². The van der Waals surface area contributed by atoms with Crippen molar-refractivity contribution in [1.29, 1.82) is 0 Å². The smallest absolute Gasteiger partial charge is 0.126 e. The summed E-state index contributed by atoms with van der Waals surface area (Å²) in [5.41, 5.74) is 12.3. The molecule has 0 aliphatic carbocycles. The molecule has 0 saturated carbocycles. The molecule has 1 unspecified atom stereocenters. The number of hydrogen-bond donors (Lipinski definition) is 1. The van der Waals surface area contributed by atoms with Gasteiger partial charge in [-0.2, -0.15) is 0 Å². The van der Waals surface area contributed by atoms with E-state index in [-0.39, 0.29) is 6.04 Å². The Balaban J connectivity index is 2.38. The first-order chi connectivity index (χ1) is 9.93. The Hall–Kier alpha value is -1.32. The molecular weight excluding hydrogens is 326 g/mol. The standard InChI is InChI=1S/C18H22BrNO/c1-11-5-7-14(8-6-11)10-16(20)17-13(3)15(19)9-12(2)18(17)21-4/h5-9,16H,10,20H2,1-4H3. The molecule has 112 valence electrons. The lowest BCUT2D eigenvalue weighted by Crippen LogP contribution is -2.17. The summed E-state index contributed by atoms with van der Waals surface area (Å²) < 4.78 is 6.67. The van der Waals surface area contributed by atoms with E-state index in [4.69, 9.17) is 10.5 Å². The Labute approximate surface area is 135 Å². The largest absolute Gasteiger partial charge is 0.496 e. The maximum absolute atomic E-state index is 6.48. The van der Waals surface area contributed by atoms with E-state index < -0.39 is 0 Å². The van der Waals surface area contributed by atoms with Crippen molar-refractivity contribution in [1.82, 2.24) is 0 Å². The molecule has 21 heavy (non-hydrogen) atoms. The first kappa shape index (κ1) is 16.1. The molecule has 0 fully saturated rings. The molecule has 2 N–H and O–H groups in total. The van der Waals surface area contributed by atoms with Crippen LogP contribution in [0, 0.1) is 20.8 Å². The van der Waals surface area contributed by atoms with E-state index in [2.05, 4.69) is 60.1 Å². The number of methoxy groups -OCH3 is 1. The van der Waals surface area contributed by atoms with Crippen LogP contribution >= 0.6 is 15.9 Å². The van der Waals surface area contributed by atoms with Gasteiger partial charge in [0.15, 0.2) is 0 Å². The number of halogens is 1. The summed E-state index contributed by atoms with van der Waals surface area (Å²) in [4.78, 5) is 0. The summed E-state index contributed by atoms with van der Waals surface area (Å²) in [5, 5.41) is 0. The van der Waals surface area contributed by atoms with Gasteiger partial charge in [0, 0.05) is 16.1 Å². The predicted octanol–water partition coefficient (Wildman–Crippen LogP) is 4.63. The van der Waals surface area contributed by atoms with Gasteiger partial charge in [0.2, 0.25) is 0 Å². The zero-order valence-electron chi connectivity index (χ0n) is 13.0. The van der Waals surface area contributed by atoms with Crippen molar-refractivity contribution in [2.45, 2.75) is 33.2 Å². The van der Waals surface area contributed by atoms with Crippen LogP contribution in [0.3, 0.4) is 0 Å². The minimum atomic E-state index is -0.0844. The van der Waals surface area contributed by atoms with Gasteiger partial charge in [0.25, 0.3) is 0 Å². The van der Waals surface area contributed by atoms with Gasteiger partial charge in [0.1, 0.15) is 5.75 Å². The van der Waals surface area contributed by atoms with Gasteiger partial charge in [-0.1, -0.05) is 45.8 Å². The Morgan fingerprint density at radius 1 is 1.14 bits per heavy atom. The van der Waals surface area contributed by atoms with Crippen molar-refractivity contribution in [2.24, 2.45) is 5.73 Å². The van der Waals surface area contributed by atoms with Crippen LogP contribution in [-0.4, -0.2) is 7.11 Å². The Morgan fingerprint density at radius 3 is 2.33 bits per heavy atom. The summed E-state index contributed by atoms with van der Waals surface area (Å²) in [6.45, 7) is 6.22. The SMILES string of the molecule is COc1c(C)cc(Br)c(C)c1C(N)Cc1ccc(C)cc1. The molecule has 0 saturated heterocycles. The molecule has 0 bridgehead atoms. The highest BCUT2D eigenvalue weighted by atomic mass is 79.9. The van der Waals surface area contributed by atoms with E-state index in [1.54, 1.807) is 7.11 Å². The van der Waals surface area contributed by atoms with Crippen LogP contribution in [0.2, 0.25) is 0 Å². The van der Waals surface area contributed by atoms with Crippen LogP contribution in [0.15, 0.2) is 34.8 Å². The molecule has 0 aromatic heterocycles. The highest BCUT2D eigenvalue weighted by molar-refractivity contribution is 9.10. The van der Waals surface area contributed by atoms with E-state index in [0.717, 1.165) is 33.3 Å². The molecular formula is C18H22BrNO. The summed E-state index contributed by atoms with van der Waals surface area (Å²) in [6, 6.07) is 10.5. The molecule has 0 spiro atoms. The molecule has 0 radical (unpaired) electrons. The van der Waals surface area contributed by atoms with E-state index in [0.29, 0.717) is 0 Å². The van der Waals surface area contributed by atoms with Crippen LogP contribution < -0.4 is 10.5 Å². The van der Waals surface area contributed by atoms with E-state index in [1.165, 1.54) is 11.1 Å². The number of ether oxygens (including phenoxy) is 1. The van der Waals surface area contributed by atoms with Gasteiger partial charge >= 0.3 is 0 Å². The lowest BCUT2D eigenvalue weighted by atomic mass is 9.93.